The lowest BCUT2D eigenvalue weighted by atomic mass is 9.90. The van der Waals surface area contributed by atoms with E-state index >= 15 is 0 Å². The molecule has 0 atom stereocenters. The highest BCUT2D eigenvalue weighted by atomic mass is 16.3. The van der Waals surface area contributed by atoms with Crippen LogP contribution in [-0.4, -0.2) is 13.1 Å². The quantitative estimate of drug-likeness (QED) is 0.606. The zero-order valence-electron chi connectivity index (χ0n) is 15.7. The maximum atomic E-state index is 6.45. The molecule has 1 aromatic carbocycles. The van der Waals surface area contributed by atoms with E-state index in [0.29, 0.717) is 0 Å². The van der Waals surface area contributed by atoms with Gasteiger partial charge < -0.3 is 4.42 Å². The van der Waals surface area contributed by atoms with Crippen LogP contribution in [0, 0.1) is 0 Å². The van der Waals surface area contributed by atoms with E-state index in [1.807, 2.05) is 0 Å². The van der Waals surface area contributed by atoms with Gasteiger partial charge in [0, 0.05) is 11.6 Å². The fourth-order valence-electron chi connectivity index (χ4n) is 3.87. The van der Waals surface area contributed by atoms with Crippen LogP contribution >= 0.6 is 0 Å². The van der Waals surface area contributed by atoms with Crippen molar-refractivity contribution in [3.05, 3.63) is 76.8 Å². The van der Waals surface area contributed by atoms with Crippen molar-refractivity contribution in [2.75, 3.05) is 13.1 Å². The monoisotopic (exact) mass is 344 g/mol. The van der Waals surface area contributed by atoms with Gasteiger partial charge in [0.05, 0.1) is 6.07 Å². The number of aryl methyl sites for hydroxylation is 1. The summed E-state index contributed by atoms with van der Waals surface area (Å²) in [5, 5.41) is 1.23. The molecule has 0 fully saturated rings. The lowest BCUT2D eigenvalue weighted by molar-refractivity contribution is 0.525. The van der Waals surface area contributed by atoms with E-state index in [9.17, 15) is 0 Å². The molecule has 1 aliphatic heterocycles. The molecule has 0 saturated heterocycles. The Kier molecular flexibility index (Phi) is 4.75. The van der Waals surface area contributed by atoms with Crippen LogP contribution in [0.2, 0.25) is 0 Å². The number of nitrogens with zero attached hydrogens (tertiary/aromatic N) is 1. The Labute approximate surface area is 155 Å². The van der Waals surface area contributed by atoms with Gasteiger partial charge in [0.15, 0.2) is 0 Å². The first-order valence-corrected chi connectivity index (χ1v) is 9.69. The van der Waals surface area contributed by atoms with Crippen LogP contribution in [0.15, 0.2) is 59.0 Å². The molecule has 2 nitrogen and oxygen atoms in total. The Balaban J connectivity index is 1.87. The predicted octanol–water partition coefficient (Wildman–Crippen LogP) is 5.07. The molecule has 0 amide bonds. The lowest BCUT2D eigenvalue weighted by Gasteiger charge is -2.20. The molecule has 4 rings (SSSR count). The second-order valence-electron chi connectivity index (χ2n) is 6.93. The third kappa shape index (κ3) is 3.24. The van der Waals surface area contributed by atoms with E-state index in [1.165, 1.54) is 34.0 Å². The lowest BCUT2D eigenvalue weighted by Crippen LogP contribution is -2.29. The van der Waals surface area contributed by atoms with Gasteiger partial charge in [0.25, 0.3) is 0 Å². The van der Waals surface area contributed by atoms with E-state index in [4.69, 9.17) is 4.42 Å². The topological polar surface area (TPSA) is 16.1 Å². The van der Waals surface area contributed by atoms with Crippen molar-refractivity contribution in [2.24, 2.45) is 0 Å². The Morgan fingerprint density at radius 2 is 1.77 bits per heavy atom. The number of fused-ring (bicyclic) bond motifs is 2. The smallest absolute Gasteiger partial charge is 0.203 e. The first kappa shape index (κ1) is 16.8. The Hall–Kier alpha value is -2.61. The van der Waals surface area contributed by atoms with Gasteiger partial charge in [-0.25, -0.2) is 4.58 Å². The largest absolute Gasteiger partial charge is 0.456 e. The summed E-state index contributed by atoms with van der Waals surface area (Å²) in [6, 6.07) is 19.5. The van der Waals surface area contributed by atoms with Gasteiger partial charge in [-0.15, -0.1) is 0 Å². The number of benzene rings is 2. The molecule has 0 bridgehead atoms. The predicted molar refractivity (Wildman–Crippen MR) is 109 cm³/mol. The summed E-state index contributed by atoms with van der Waals surface area (Å²) in [5.74, 6) is 2.05. The molecule has 3 aliphatic rings. The molecule has 0 aromatic heterocycles. The zero-order valence-corrected chi connectivity index (χ0v) is 15.7. The summed E-state index contributed by atoms with van der Waals surface area (Å²) >= 11 is 0. The molecule has 2 heteroatoms. The molecule has 0 N–H and O–H groups in total. The second kappa shape index (κ2) is 7.33. The van der Waals surface area contributed by atoms with Crippen LogP contribution < -0.4 is 9.93 Å². The van der Waals surface area contributed by atoms with Crippen LogP contribution in [0.25, 0.3) is 23.0 Å². The molecule has 1 heterocycles. The first-order valence-electron chi connectivity index (χ1n) is 9.69. The highest BCUT2D eigenvalue weighted by Gasteiger charge is 2.20. The summed E-state index contributed by atoms with van der Waals surface area (Å²) in [6.07, 6.45) is 5.64. The summed E-state index contributed by atoms with van der Waals surface area (Å²) in [6.45, 7) is 6.40. The average molecular weight is 344 g/mol. The molecular formula is C24H26NO+. The molecule has 0 radical (unpaired) electrons. The number of rotatable bonds is 3. The average Bonchev–Trinajstić information content (AvgIpc) is 2.68. The van der Waals surface area contributed by atoms with Gasteiger partial charge in [0.2, 0.25) is 5.36 Å². The van der Waals surface area contributed by atoms with Crippen molar-refractivity contribution in [3.63, 3.8) is 0 Å². The third-order valence-corrected chi connectivity index (χ3v) is 5.28. The first-order chi connectivity index (χ1) is 12.8. The maximum Gasteiger partial charge on any atom is 0.203 e. The number of hydrogen-bond acceptors (Lipinski definition) is 1. The van der Waals surface area contributed by atoms with Crippen molar-refractivity contribution in [3.8, 4) is 11.3 Å². The minimum Gasteiger partial charge on any atom is -0.456 e. The van der Waals surface area contributed by atoms with E-state index in [-0.39, 0.29) is 0 Å². The van der Waals surface area contributed by atoms with E-state index < -0.39 is 0 Å². The zero-order chi connectivity index (χ0) is 17.9. The third-order valence-electron chi connectivity index (χ3n) is 5.28. The van der Waals surface area contributed by atoms with Crippen LogP contribution in [0.3, 0.4) is 0 Å². The van der Waals surface area contributed by atoms with Gasteiger partial charge in [-0.05, 0) is 68.0 Å². The van der Waals surface area contributed by atoms with Crippen LogP contribution in [0.5, 0.6) is 0 Å². The summed E-state index contributed by atoms with van der Waals surface area (Å²) in [4.78, 5) is 0. The minimum atomic E-state index is 0.981. The van der Waals surface area contributed by atoms with E-state index in [1.54, 1.807) is 0 Å². The molecule has 0 spiro atoms. The van der Waals surface area contributed by atoms with Crippen molar-refractivity contribution in [1.82, 2.24) is 4.58 Å². The van der Waals surface area contributed by atoms with Crippen molar-refractivity contribution < 1.29 is 4.42 Å². The summed E-state index contributed by atoms with van der Waals surface area (Å²) in [7, 11) is 0. The van der Waals surface area contributed by atoms with Gasteiger partial charge in [0.1, 0.15) is 24.6 Å². The standard InChI is InChI=1S/C24H26NO/c1-3-25(4-2)22-14-13-19-16-21-12-8-11-20(24(21)26-23(19)17-22)15-18-9-6-5-7-10-18/h5-7,9-10,13-17H,3-4,8,11-12H2,1-2H3/q+1/b20-15+. The summed E-state index contributed by atoms with van der Waals surface area (Å²) < 4.78 is 8.81. The molecule has 132 valence electrons. The van der Waals surface area contributed by atoms with Crippen LogP contribution in [0.4, 0.5) is 0 Å². The van der Waals surface area contributed by atoms with Gasteiger partial charge >= 0.3 is 0 Å². The normalized spacial score (nSPS) is 15.2. The van der Waals surface area contributed by atoms with Gasteiger partial charge in [-0.3, -0.25) is 0 Å². The van der Waals surface area contributed by atoms with Gasteiger partial charge in [-0.2, -0.15) is 0 Å². The Bertz CT molecular complexity index is 973. The molecule has 0 saturated carbocycles. The molecular weight excluding hydrogens is 318 g/mol. The highest BCUT2D eigenvalue weighted by Crippen LogP contribution is 2.36. The van der Waals surface area contributed by atoms with Crippen LogP contribution in [-0.2, 0) is 6.42 Å². The van der Waals surface area contributed by atoms with Gasteiger partial charge in [-0.1, -0.05) is 30.3 Å². The number of allylic oxidation sites excluding steroid dienone is 1. The Morgan fingerprint density at radius 1 is 0.962 bits per heavy atom. The van der Waals surface area contributed by atoms with Crippen molar-refractivity contribution in [1.29, 1.82) is 0 Å². The molecule has 0 unspecified atom stereocenters. The number of hydrogen-bond donors (Lipinski definition) is 0. The van der Waals surface area contributed by atoms with E-state index in [0.717, 1.165) is 37.5 Å². The summed E-state index contributed by atoms with van der Waals surface area (Å²) in [5.41, 5.74) is 5.08. The highest BCUT2D eigenvalue weighted by molar-refractivity contribution is 5.82. The SMILES string of the molecule is CC[N+](CC)=c1ccc2cc3c(oc-2c1)/C(=C/c1ccccc1)CCC3. The molecule has 1 aromatic rings. The van der Waals surface area contributed by atoms with E-state index in [2.05, 4.69) is 79.1 Å². The maximum absolute atomic E-state index is 6.45. The van der Waals surface area contributed by atoms with Crippen molar-refractivity contribution in [2.45, 2.75) is 33.1 Å². The molecule has 2 aliphatic carbocycles. The fraction of sp³-hybridized carbons (Fsp3) is 0.292. The molecule has 26 heavy (non-hydrogen) atoms. The van der Waals surface area contributed by atoms with Crippen LogP contribution in [0.1, 0.15) is 43.6 Å². The minimum absolute atomic E-state index is 0.981. The second-order valence-corrected chi connectivity index (χ2v) is 6.93. The van der Waals surface area contributed by atoms with Crippen molar-refractivity contribution >= 4 is 11.6 Å². The fourth-order valence-corrected chi connectivity index (χ4v) is 3.87. The Morgan fingerprint density at radius 3 is 2.54 bits per heavy atom.